The maximum atomic E-state index is 3.90. The van der Waals surface area contributed by atoms with E-state index in [4.69, 9.17) is 0 Å². The Morgan fingerprint density at radius 1 is 1.43 bits per heavy atom. The molecule has 0 radical (unpaired) electrons. The van der Waals surface area contributed by atoms with Crippen molar-refractivity contribution in [2.75, 3.05) is 0 Å². The first kappa shape index (κ1) is 4.78. The minimum atomic E-state index is 0.884. The third-order valence-electron chi connectivity index (χ3n) is 0.629. The lowest BCUT2D eigenvalue weighted by Gasteiger charge is -1.80. The first-order valence-electron chi connectivity index (χ1n) is 1.96. The van der Waals surface area contributed by atoms with Crippen LogP contribution in [0.3, 0.4) is 0 Å². The third-order valence-corrected chi connectivity index (χ3v) is 1.10. The van der Waals surface area contributed by atoms with Gasteiger partial charge in [-0.15, -0.1) is 0 Å². The summed E-state index contributed by atoms with van der Waals surface area (Å²) >= 11 is 3.20. The van der Waals surface area contributed by atoms with Crippen LogP contribution in [0, 0.1) is 0 Å². The lowest BCUT2D eigenvalue weighted by Crippen LogP contribution is -1.66. The largest absolute Gasteiger partial charge is 0.249 e. The summed E-state index contributed by atoms with van der Waals surface area (Å²) in [7, 11) is 0. The highest BCUT2D eigenvalue weighted by atomic mass is 79.9. The smallest absolute Gasteiger partial charge is 0.106 e. The summed E-state index contributed by atoms with van der Waals surface area (Å²) < 4.78 is 0.884. The molecule has 0 unspecified atom stereocenters. The fourth-order valence-electron chi connectivity index (χ4n) is 0.342. The van der Waals surface area contributed by atoms with Crippen LogP contribution in [0.1, 0.15) is 0 Å². The second kappa shape index (κ2) is 2.07. The second-order valence-corrected chi connectivity index (χ2v) is 1.96. The quantitative estimate of drug-likeness (QED) is 0.525. The van der Waals surface area contributed by atoms with Gasteiger partial charge in [-0.1, -0.05) is 6.07 Å². The molecule has 1 aromatic rings. The molecule has 0 amide bonds. The molecule has 0 saturated carbocycles. The molecular formula is C5H4BrN. The van der Waals surface area contributed by atoms with Crippen molar-refractivity contribution in [2.45, 2.75) is 0 Å². The predicted molar refractivity (Wildman–Crippen MR) is 31.9 cm³/mol. The van der Waals surface area contributed by atoms with E-state index >= 15 is 0 Å². The number of halogens is 1. The van der Waals surface area contributed by atoms with Crippen molar-refractivity contribution in [2.24, 2.45) is 0 Å². The minimum Gasteiger partial charge on any atom is -0.249 e. The first-order chi connectivity index (χ1) is 3.39. The topological polar surface area (TPSA) is 12.9 Å². The Labute approximate surface area is 50.5 Å². The van der Waals surface area contributed by atoms with Crippen LogP contribution in [-0.2, 0) is 0 Å². The molecule has 0 fully saturated rings. The Bertz CT molecular complexity index is 138. The van der Waals surface area contributed by atoms with Crippen molar-refractivity contribution in [1.29, 1.82) is 0 Å². The molecule has 1 aromatic heterocycles. The Morgan fingerprint density at radius 3 is 2.57 bits per heavy atom. The standard InChI is InChI=1S/C5H4BrN/c6-5-3-1-2-4-7-5/h1-4H/i5+0. The number of nitrogens with zero attached hydrogens (tertiary/aromatic N) is 1. The van der Waals surface area contributed by atoms with E-state index in [2.05, 4.69) is 20.9 Å². The van der Waals surface area contributed by atoms with Gasteiger partial charge < -0.3 is 0 Å². The average molecular weight is 158 g/mol. The van der Waals surface area contributed by atoms with Crippen LogP contribution in [-0.4, -0.2) is 4.98 Å². The molecule has 2 heteroatoms. The molecule has 0 saturated heterocycles. The zero-order chi connectivity index (χ0) is 5.11. The molecule has 0 aliphatic carbocycles. The zero-order valence-electron chi connectivity index (χ0n) is 3.63. The average Bonchev–Trinajstić information content (AvgIpc) is 1.69. The van der Waals surface area contributed by atoms with Gasteiger partial charge in [0.25, 0.3) is 0 Å². The van der Waals surface area contributed by atoms with Gasteiger partial charge in [-0.3, -0.25) is 0 Å². The van der Waals surface area contributed by atoms with Gasteiger partial charge in [0.1, 0.15) is 4.60 Å². The maximum Gasteiger partial charge on any atom is 0.106 e. The van der Waals surface area contributed by atoms with E-state index in [1.807, 2.05) is 18.2 Å². The summed E-state index contributed by atoms with van der Waals surface area (Å²) in [6, 6.07) is 5.70. The maximum absolute atomic E-state index is 3.90. The summed E-state index contributed by atoms with van der Waals surface area (Å²) in [5.41, 5.74) is 0. The van der Waals surface area contributed by atoms with E-state index in [0.29, 0.717) is 0 Å². The third kappa shape index (κ3) is 1.27. The van der Waals surface area contributed by atoms with Gasteiger partial charge >= 0.3 is 0 Å². The summed E-state index contributed by atoms with van der Waals surface area (Å²) in [5, 5.41) is 0. The zero-order valence-corrected chi connectivity index (χ0v) is 5.22. The fourth-order valence-corrected chi connectivity index (χ4v) is 0.613. The first-order valence-corrected chi connectivity index (χ1v) is 2.75. The SMILES string of the molecule is Br[12c]1ccccn1. The highest BCUT2D eigenvalue weighted by Gasteiger charge is 1.75. The molecule has 0 aliphatic heterocycles. The number of aromatic nitrogens is 1. The van der Waals surface area contributed by atoms with Crippen LogP contribution < -0.4 is 0 Å². The Balaban J connectivity index is 3.02. The molecule has 1 rings (SSSR count). The summed E-state index contributed by atoms with van der Waals surface area (Å²) in [6.45, 7) is 0. The molecule has 0 aliphatic rings. The minimum absolute atomic E-state index is 0.884. The van der Waals surface area contributed by atoms with Crippen molar-refractivity contribution in [3.05, 3.63) is 29.0 Å². The lowest BCUT2D eigenvalue weighted by atomic mass is 10.5. The van der Waals surface area contributed by atoms with Gasteiger partial charge in [-0.05, 0) is 28.1 Å². The molecule has 0 atom stereocenters. The van der Waals surface area contributed by atoms with Gasteiger partial charge in [0.05, 0.1) is 0 Å². The molecule has 0 aromatic carbocycles. The predicted octanol–water partition coefficient (Wildman–Crippen LogP) is 1.84. The number of hydrogen-bond acceptors (Lipinski definition) is 1. The number of pyridine rings is 1. The molecule has 0 spiro atoms. The van der Waals surface area contributed by atoms with E-state index < -0.39 is 0 Å². The molecular weight excluding hydrogens is 154 g/mol. The monoisotopic (exact) mass is 157 g/mol. The van der Waals surface area contributed by atoms with Gasteiger partial charge in [0.2, 0.25) is 0 Å². The highest BCUT2D eigenvalue weighted by molar-refractivity contribution is 9.10. The molecule has 0 N–H and O–H groups in total. The van der Waals surface area contributed by atoms with Crippen molar-refractivity contribution in [3.63, 3.8) is 0 Å². The van der Waals surface area contributed by atoms with Crippen molar-refractivity contribution in [1.82, 2.24) is 4.98 Å². The Hall–Kier alpha value is -0.370. The van der Waals surface area contributed by atoms with E-state index in [1.54, 1.807) is 6.20 Å². The van der Waals surface area contributed by atoms with E-state index in [9.17, 15) is 0 Å². The molecule has 0 bridgehead atoms. The van der Waals surface area contributed by atoms with Crippen LogP contribution in [0.2, 0.25) is 0 Å². The molecule has 1 nitrogen and oxygen atoms in total. The van der Waals surface area contributed by atoms with Gasteiger partial charge in [0, 0.05) is 6.20 Å². The molecule has 7 heavy (non-hydrogen) atoms. The van der Waals surface area contributed by atoms with Crippen LogP contribution >= 0.6 is 15.9 Å². The fraction of sp³-hybridized carbons (Fsp3) is 0. The summed E-state index contributed by atoms with van der Waals surface area (Å²) in [5.74, 6) is 0. The number of rotatable bonds is 0. The Kier molecular flexibility index (Phi) is 1.42. The van der Waals surface area contributed by atoms with E-state index in [-0.39, 0.29) is 0 Å². The van der Waals surface area contributed by atoms with E-state index in [1.165, 1.54) is 0 Å². The van der Waals surface area contributed by atoms with Crippen molar-refractivity contribution in [3.8, 4) is 0 Å². The normalized spacial score (nSPS) is 8.71. The van der Waals surface area contributed by atoms with Crippen LogP contribution in [0.5, 0.6) is 0 Å². The number of hydrogen-bond donors (Lipinski definition) is 0. The van der Waals surface area contributed by atoms with Crippen molar-refractivity contribution < 1.29 is 0 Å². The van der Waals surface area contributed by atoms with Crippen LogP contribution in [0.15, 0.2) is 29.0 Å². The second-order valence-electron chi connectivity index (χ2n) is 1.15. The lowest BCUT2D eigenvalue weighted by molar-refractivity contribution is 1.28. The van der Waals surface area contributed by atoms with Gasteiger partial charge in [-0.2, -0.15) is 0 Å². The van der Waals surface area contributed by atoms with Crippen LogP contribution in [0.4, 0.5) is 0 Å². The highest BCUT2D eigenvalue weighted by Crippen LogP contribution is 2.00. The van der Waals surface area contributed by atoms with Gasteiger partial charge in [0.15, 0.2) is 0 Å². The summed E-state index contributed by atoms with van der Waals surface area (Å²) in [4.78, 5) is 3.90. The van der Waals surface area contributed by atoms with Crippen molar-refractivity contribution >= 4 is 15.9 Å². The molecule has 36 valence electrons. The Morgan fingerprint density at radius 2 is 2.29 bits per heavy atom. The van der Waals surface area contributed by atoms with Gasteiger partial charge in [-0.25, -0.2) is 4.98 Å². The molecule has 1 heterocycles. The van der Waals surface area contributed by atoms with Crippen LogP contribution in [0.25, 0.3) is 0 Å². The summed E-state index contributed by atoms with van der Waals surface area (Å²) in [6.07, 6.45) is 1.74. The van der Waals surface area contributed by atoms with E-state index in [0.717, 1.165) is 4.60 Å².